The predicted octanol–water partition coefficient (Wildman–Crippen LogP) is 5.41. The lowest BCUT2D eigenvalue weighted by molar-refractivity contribution is -0.137. The number of carbonyl (C=O) groups excluding carboxylic acids is 3. The Morgan fingerprint density at radius 1 is 1.02 bits per heavy atom. The maximum atomic E-state index is 13.6. The minimum absolute atomic E-state index is 0.00433. The van der Waals surface area contributed by atoms with Crippen molar-refractivity contribution in [3.05, 3.63) is 117 Å². The molecule has 3 aromatic carbocycles. The molecule has 10 heteroatoms. The van der Waals surface area contributed by atoms with Gasteiger partial charge in [0.15, 0.2) is 0 Å². The average Bonchev–Trinajstić information content (AvgIpc) is 3.74. The normalized spacial score (nSPS) is 16.1. The van der Waals surface area contributed by atoms with Crippen molar-refractivity contribution in [1.82, 2.24) is 15.5 Å². The van der Waals surface area contributed by atoms with E-state index in [0.29, 0.717) is 30.0 Å². The molecule has 3 amide bonds. The maximum Gasteiger partial charge on any atom is 0.251 e. The van der Waals surface area contributed by atoms with Crippen molar-refractivity contribution in [3.63, 3.8) is 0 Å². The minimum Gasteiger partial charge on any atom is -0.457 e. The Morgan fingerprint density at radius 2 is 1.69 bits per heavy atom. The predicted molar refractivity (Wildman–Crippen MR) is 178 cm³/mol. The van der Waals surface area contributed by atoms with Crippen molar-refractivity contribution in [2.45, 2.75) is 38.3 Å². The summed E-state index contributed by atoms with van der Waals surface area (Å²) in [5.41, 5.74) is 7.91. The molecule has 0 bridgehead atoms. The summed E-state index contributed by atoms with van der Waals surface area (Å²) < 4.78 is 5.79. The number of aryl methyl sites for hydroxylation is 1. The number of ether oxygens (including phenoxy) is 1. The van der Waals surface area contributed by atoms with Crippen molar-refractivity contribution < 1.29 is 19.1 Å². The molecule has 0 spiro atoms. The van der Waals surface area contributed by atoms with Crippen molar-refractivity contribution in [3.8, 4) is 11.5 Å². The van der Waals surface area contributed by atoms with E-state index >= 15 is 0 Å². The molecule has 5 rings (SSSR count). The highest BCUT2D eigenvalue weighted by atomic mass is 32.1. The van der Waals surface area contributed by atoms with Crippen LogP contribution in [0.1, 0.15) is 57.2 Å². The van der Waals surface area contributed by atoms with Gasteiger partial charge in [-0.2, -0.15) is 0 Å². The van der Waals surface area contributed by atoms with E-state index in [1.807, 2.05) is 79.9 Å². The summed E-state index contributed by atoms with van der Waals surface area (Å²) in [6, 6.07) is 25.0. The van der Waals surface area contributed by atoms with E-state index in [-0.39, 0.29) is 36.2 Å². The van der Waals surface area contributed by atoms with Crippen molar-refractivity contribution in [2.75, 3.05) is 20.1 Å². The van der Waals surface area contributed by atoms with Gasteiger partial charge in [-0.05, 0) is 86.3 Å². The second-order valence-corrected chi connectivity index (χ2v) is 11.6. The minimum atomic E-state index is -0.673. The number of likely N-dealkylation sites (tertiary alicyclic amines) is 1. The average molecular weight is 626 g/mol. The smallest absolute Gasteiger partial charge is 0.251 e. The molecule has 1 fully saturated rings. The van der Waals surface area contributed by atoms with E-state index in [9.17, 15) is 14.4 Å². The van der Waals surface area contributed by atoms with E-state index in [4.69, 9.17) is 10.1 Å². The third kappa shape index (κ3) is 8.43. The third-order valence-electron chi connectivity index (χ3n) is 7.64. The fraction of sp³-hybridized carbons (Fsp3) is 0.257. The number of hydrogen-bond acceptors (Lipinski definition) is 7. The molecule has 0 radical (unpaired) electrons. The van der Waals surface area contributed by atoms with Crippen LogP contribution in [0.15, 0.2) is 90.3 Å². The Kier molecular flexibility index (Phi) is 11.6. The van der Waals surface area contributed by atoms with Crippen LogP contribution in [-0.2, 0) is 9.59 Å². The molecule has 3 atom stereocenters. The largest absolute Gasteiger partial charge is 0.457 e. The van der Waals surface area contributed by atoms with Crippen molar-refractivity contribution >= 4 is 35.3 Å². The molecule has 1 saturated heterocycles. The first-order valence-electron chi connectivity index (χ1n) is 14.8. The number of para-hydroxylation sites is 1. The summed E-state index contributed by atoms with van der Waals surface area (Å²) >= 11 is 1.48. The van der Waals surface area contributed by atoms with Crippen LogP contribution < -0.4 is 21.1 Å². The van der Waals surface area contributed by atoms with Crippen LogP contribution in [0.5, 0.6) is 11.5 Å². The lowest BCUT2D eigenvalue weighted by atomic mass is 9.92. The van der Waals surface area contributed by atoms with Crippen LogP contribution in [0.2, 0.25) is 0 Å². The number of nitrogens with two attached hydrogens (primary N) is 1. The third-order valence-corrected chi connectivity index (χ3v) is 8.77. The summed E-state index contributed by atoms with van der Waals surface area (Å²) in [6.07, 6.45) is 1.77. The number of nitrogens with one attached hydrogen (secondary N) is 3. The highest BCUT2D eigenvalue weighted by Gasteiger charge is 2.40. The molecule has 1 aromatic heterocycles. The molecular formula is C35H39N5O4S. The number of amides is 3. The molecule has 234 valence electrons. The van der Waals surface area contributed by atoms with Crippen LogP contribution in [0, 0.1) is 12.3 Å². The van der Waals surface area contributed by atoms with Gasteiger partial charge in [0.2, 0.25) is 11.8 Å². The van der Waals surface area contributed by atoms with Crippen LogP contribution in [0.3, 0.4) is 0 Å². The molecule has 0 aliphatic carbocycles. The van der Waals surface area contributed by atoms with Gasteiger partial charge in [-0.25, -0.2) is 0 Å². The molecule has 4 aromatic rings. The van der Waals surface area contributed by atoms with Gasteiger partial charge in [0.05, 0.1) is 12.6 Å². The molecule has 1 aliphatic heterocycles. The molecule has 5 N–H and O–H groups in total. The van der Waals surface area contributed by atoms with Gasteiger partial charge in [0.1, 0.15) is 17.5 Å². The SMILES string of the molecule is CN.Cc1ccccc1C1CC(C(=O)N[C@H](C)c2cc(C=N)cs2)N(C(=O)CNC(=O)c2ccc(Oc3ccccc3)cc2)C1. The summed E-state index contributed by atoms with van der Waals surface area (Å²) in [4.78, 5) is 42.5. The van der Waals surface area contributed by atoms with Gasteiger partial charge in [0.25, 0.3) is 5.91 Å². The molecule has 45 heavy (non-hydrogen) atoms. The van der Waals surface area contributed by atoms with Crippen molar-refractivity contribution in [1.29, 1.82) is 5.41 Å². The van der Waals surface area contributed by atoms with E-state index in [0.717, 1.165) is 21.6 Å². The number of rotatable bonds is 10. The molecule has 2 unspecified atom stereocenters. The van der Waals surface area contributed by atoms with E-state index < -0.39 is 6.04 Å². The quantitative estimate of drug-likeness (QED) is 0.175. The Bertz CT molecular complexity index is 1610. The van der Waals surface area contributed by atoms with Gasteiger partial charge in [-0.3, -0.25) is 14.4 Å². The molecule has 0 saturated carbocycles. The maximum absolute atomic E-state index is 13.6. The van der Waals surface area contributed by atoms with Gasteiger partial charge in [0, 0.05) is 34.7 Å². The Morgan fingerprint density at radius 3 is 2.36 bits per heavy atom. The Labute approximate surface area is 267 Å². The fourth-order valence-corrected chi connectivity index (χ4v) is 6.22. The zero-order chi connectivity index (χ0) is 32.3. The van der Waals surface area contributed by atoms with E-state index in [1.165, 1.54) is 24.6 Å². The Balaban J connectivity index is 0.00000226. The first kappa shape index (κ1) is 33.1. The molecule has 2 heterocycles. The van der Waals surface area contributed by atoms with E-state index in [1.54, 1.807) is 29.2 Å². The van der Waals surface area contributed by atoms with Gasteiger partial charge >= 0.3 is 0 Å². The highest BCUT2D eigenvalue weighted by Crippen LogP contribution is 2.34. The number of nitrogens with zero attached hydrogens (tertiary/aromatic N) is 1. The summed E-state index contributed by atoms with van der Waals surface area (Å²) in [5, 5.41) is 15.1. The summed E-state index contributed by atoms with van der Waals surface area (Å²) in [5.74, 6) is 0.349. The topological polar surface area (TPSA) is 138 Å². The van der Waals surface area contributed by atoms with E-state index in [2.05, 4.69) is 16.4 Å². The summed E-state index contributed by atoms with van der Waals surface area (Å²) in [7, 11) is 1.50. The number of hydrogen-bond donors (Lipinski definition) is 4. The second-order valence-electron chi connectivity index (χ2n) is 10.6. The van der Waals surface area contributed by atoms with Crippen molar-refractivity contribution in [2.24, 2.45) is 5.73 Å². The lowest BCUT2D eigenvalue weighted by Crippen LogP contribution is -2.49. The standard InChI is InChI=1S/C34H34N4O4S.CH5N/c1-22-8-6-7-11-29(22)26-17-30(34(41)37-23(2)31-16-24(18-35)21-43-31)38(20-26)32(39)19-36-33(40)25-12-14-28(15-13-25)42-27-9-4-3-5-10-27;1-2/h3-16,18,21,23,26,30,35H,17,19-20H2,1-2H3,(H,36,40)(H,37,41);2H2,1H3/t23-,26?,30?;/m1./s1. The molecule has 9 nitrogen and oxygen atoms in total. The van der Waals surface area contributed by atoms with Crippen LogP contribution >= 0.6 is 11.3 Å². The number of benzene rings is 3. The monoisotopic (exact) mass is 625 g/mol. The van der Waals surface area contributed by atoms with Gasteiger partial charge in [-0.1, -0.05) is 42.5 Å². The first-order valence-corrected chi connectivity index (χ1v) is 15.6. The fourth-order valence-electron chi connectivity index (χ4n) is 5.34. The molecule has 1 aliphatic rings. The highest BCUT2D eigenvalue weighted by molar-refractivity contribution is 7.10. The zero-order valence-electron chi connectivity index (χ0n) is 25.7. The van der Waals surface area contributed by atoms with Gasteiger partial charge in [-0.15, -0.1) is 11.3 Å². The Hall–Kier alpha value is -4.80. The number of thiophene rings is 1. The van der Waals surface area contributed by atoms with Crippen LogP contribution in [-0.4, -0.2) is 55.0 Å². The second kappa shape index (κ2) is 15.8. The number of carbonyl (C=O) groups is 3. The van der Waals surface area contributed by atoms with Crippen LogP contribution in [0.4, 0.5) is 0 Å². The molecular weight excluding hydrogens is 586 g/mol. The zero-order valence-corrected chi connectivity index (χ0v) is 26.5. The lowest BCUT2D eigenvalue weighted by Gasteiger charge is -2.25. The van der Waals surface area contributed by atoms with Crippen LogP contribution in [0.25, 0.3) is 0 Å². The summed E-state index contributed by atoms with van der Waals surface area (Å²) in [6.45, 7) is 4.09. The first-order chi connectivity index (χ1) is 21.8. The van der Waals surface area contributed by atoms with Gasteiger partial charge < -0.3 is 31.4 Å².